The molecule has 2 rings (SSSR count). The van der Waals surface area contributed by atoms with E-state index in [2.05, 4.69) is 10.6 Å². The highest BCUT2D eigenvalue weighted by Gasteiger charge is 2.40. The van der Waals surface area contributed by atoms with Gasteiger partial charge in [-0.25, -0.2) is 0 Å². The maximum absolute atomic E-state index is 12.7. The van der Waals surface area contributed by atoms with Crippen molar-refractivity contribution in [3.63, 3.8) is 0 Å². The monoisotopic (exact) mass is 344 g/mol. The Balaban J connectivity index is 2.08. The van der Waals surface area contributed by atoms with Gasteiger partial charge < -0.3 is 15.7 Å². The Morgan fingerprint density at radius 3 is 2.75 bits per heavy atom. The molecule has 1 fully saturated rings. The van der Waals surface area contributed by atoms with E-state index in [1.807, 2.05) is 0 Å². The third kappa shape index (κ3) is 4.70. The van der Waals surface area contributed by atoms with Crippen molar-refractivity contribution < 1.29 is 27.9 Å². The molecule has 1 aromatic rings. The number of halogens is 3. The maximum Gasteiger partial charge on any atom is 0.418 e. The molecule has 0 aromatic heterocycles. The standard InChI is InChI=1S/C16H19F3N2O3/c17-16(18,19)14(23)11-6-1-2-7-12(11)21-13(22)9-10-5-3-4-8-20-15(10)24/h1-2,6-7,10,14,23H,3-5,8-9H2,(H,20,24)(H,21,22). The summed E-state index contributed by atoms with van der Waals surface area (Å²) in [5.41, 5.74) is -0.537. The SMILES string of the molecule is O=C(CC1CCCCNC1=O)Nc1ccccc1C(O)C(F)(F)F. The van der Waals surface area contributed by atoms with Gasteiger partial charge in [0.15, 0.2) is 6.10 Å². The molecule has 2 atom stereocenters. The highest BCUT2D eigenvalue weighted by atomic mass is 19.4. The van der Waals surface area contributed by atoms with E-state index in [1.165, 1.54) is 18.2 Å². The van der Waals surface area contributed by atoms with Crippen LogP contribution < -0.4 is 10.6 Å². The molecule has 24 heavy (non-hydrogen) atoms. The van der Waals surface area contributed by atoms with Crippen LogP contribution in [-0.4, -0.2) is 29.6 Å². The first kappa shape index (κ1) is 18.3. The first-order chi connectivity index (χ1) is 11.3. The van der Waals surface area contributed by atoms with Gasteiger partial charge in [-0.3, -0.25) is 9.59 Å². The van der Waals surface area contributed by atoms with Gasteiger partial charge in [0.25, 0.3) is 0 Å². The Labute approximate surface area is 137 Å². The van der Waals surface area contributed by atoms with Crippen molar-refractivity contribution >= 4 is 17.5 Å². The molecule has 1 aliphatic heterocycles. The van der Waals surface area contributed by atoms with Crippen molar-refractivity contribution in [1.82, 2.24) is 5.32 Å². The number of anilines is 1. The zero-order chi connectivity index (χ0) is 17.7. The average Bonchev–Trinajstić information content (AvgIpc) is 2.71. The van der Waals surface area contributed by atoms with Crippen LogP contribution in [0.5, 0.6) is 0 Å². The summed E-state index contributed by atoms with van der Waals surface area (Å²) >= 11 is 0. The van der Waals surface area contributed by atoms with Crippen molar-refractivity contribution in [2.24, 2.45) is 5.92 Å². The lowest BCUT2D eigenvalue weighted by Crippen LogP contribution is -2.31. The van der Waals surface area contributed by atoms with Crippen molar-refractivity contribution in [1.29, 1.82) is 0 Å². The molecule has 0 saturated carbocycles. The number of amides is 2. The Morgan fingerprint density at radius 1 is 1.33 bits per heavy atom. The molecule has 1 aromatic carbocycles. The molecule has 8 heteroatoms. The Kier molecular flexibility index (Phi) is 5.82. The molecule has 1 saturated heterocycles. The van der Waals surface area contributed by atoms with Crippen LogP contribution in [0.3, 0.4) is 0 Å². The lowest BCUT2D eigenvalue weighted by atomic mass is 9.98. The highest BCUT2D eigenvalue weighted by molar-refractivity contribution is 5.94. The summed E-state index contributed by atoms with van der Waals surface area (Å²) in [7, 11) is 0. The van der Waals surface area contributed by atoms with Crippen molar-refractivity contribution in [2.75, 3.05) is 11.9 Å². The zero-order valence-electron chi connectivity index (χ0n) is 12.9. The first-order valence-corrected chi connectivity index (χ1v) is 7.70. The van der Waals surface area contributed by atoms with Crippen molar-refractivity contribution in [3.8, 4) is 0 Å². The molecule has 0 aliphatic carbocycles. The third-order valence-electron chi connectivity index (χ3n) is 3.92. The minimum atomic E-state index is -4.83. The molecule has 1 heterocycles. The number of alkyl halides is 3. The van der Waals surface area contributed by atoms with Gasteiger partial charge >= 0.3 is 6.18 Å². The number of carbonyl (C=O) groups is 2. The molecular formula is C16H19F3N2O3. The van der Waals surface area contributed by atoms with Gasteiger partial charge in [-0.1, -0.05) is 24.6 Å². The molecule has 5 nitrogen and oxygen atoms in total. The Hall–Kier alpha value is -2.09. The Bertz CT molecular complexity index is 604. The molecule has 0 spiro atoms. The van der Waals surface area contributed by atoms with Crippen LogP contribution >= 0.6 is 0 Å². The second-order valence-corrected chi connectivity index (χ2v) is 5.77. The molecule has 3 N–H and O–H groups in total. The number of para-hydroxylation sites is 1. The van der Waals surface area contributed by atoms with Crippen LogP contribution in [-0.2, 0) is 9.59 Å². The number of hydrogen-bond donors (Lipinski definition) is 3. The van der Waals surface area contributed by atoms with Gasteiger partial charge in [0.05, 0.1) is 0 Å². The predicted octanol–water partition coefficient (Wildman–Crippen LogP) is 2.53. The normalized spacial score (nSPS) is 20.0. The predicted molar refractivity (Wildman–Crippen MR) is 81.1 cm³/mol. The molecular weight excluding hydrogens is 325 g/mol. The second-order valence-electron chi connectivity index (χ2n) is 5.77. The van der Waals surface area contributed by atoms with Gasteiger partial charge in [0, 0.05) is 30.1 Å². The van der Waals surface area contributed by atoms with Gasteiger partial charge in [-0.2, -0.15) is 13.2 Å². The van der Waals surface area contributed by atoms with E-state index in [9.17, 15) is 27.9 Å². The quantitative estimate of drug-likeness (QED) is 0.785. The van der Waals surface area contributed by atoms with Gasteiger partial charge in [0.2, 0.25) is 11.8 Å². The lowest BCUT2D eigenvalue weighted by molar-refractivity contribution is -0.206. The third-order valence-corrected chi connectivity index (χ3v) is 3.92. The fourth-order valence-electron chi connectivity index (χ4n) is 2.65. The fourth-order valence-corrected chi connectivity index (χ4v) is 2.65. The van der Waals surface area contributed by atoms with E-state index >= 15 is 0 Å². The maximum atomic E-state index is 12.7. The molecule has 132 valence electrons. The minimum Gasteiger partial charge on any atom is -0.379 e. The summed E-state index contributed by atoms with van der Waals surface area (Å²) in [6, 6.07) is 5.20. The van der Waals surface area contributed by atoms with Crippen LogP contribution in [0.2, 0.25) is 0 Å². The number of aliphatic hydroxyl groups excluding tert-OH is 1. The summed E-state index contributed by atoms with van der Waals surface area (Å²) in [5.74, 6) is -1.27. The van der Waals surface area contributed by atoms with E-state index in [1.54, 1.807) is 0 Å². The largest absolute Gasteiger partial charge is 0.418 e. The highest BCUT2D eigenvalue weighted by Crippen LogP contribution is 2.36. The fraction of sp³-hybridized carbons (Fsp3) is 0.500. The topological polar surface area (TPSA) is 78.4 Å². The molecule has 2 amide bonds. The van der Waals surface area contributed by atoms with Crippen LogP contribution in [0, 0.1) is 5.92 Å². The smallest absolute Gasteiger partial charge is 0.379 e. The van der Waals surface area contributed by atoms with Crippen molar-refractivity contribution in [3.05, 3.63) is 29.8 Å². The van der Waals surface area contributed by atoms with Crippen LogP contribution in [0.1, 0.15) is 37.4 Å². The van der Waals surface area contributed by atoms with E-state index in [0.717, 1.165) is 18.9 Å². The number of hydrogen-bond acceptors (Lipinski definition) is 3. The number of carbonyl (C=O) groups excluding carboxylic acids is 2. The summed E-state index contributed by atoms with van der Waals surface area (Å²) < 4.78 is 38.1. The molecule has 1 aliphatic rings. The van der Waals surface area contributed by atoms with E-state index < -0.39 is 29.7 Å². The number of benzene rings is 1. The van der Waals surface area contributed by atoms with Gasteiger partial charge in [0.1, 0.15) is 0 Å². The van der Waals surface area contributed by atoms with E-state index in [0.29, 0.717) is 13.0 Å². The molecule has 2 unspecified atom stereocenters. The molecule has 0 radical (unpaired) electrons. The number of nitrogens with one attached hydrogen (secondary N) is 2. The Morgan fingerprint density at radius 2 is 2.04 bits per heavy atom. The summed E-state index contributed by atoms with van der Waals surface area (Å²) in [4.78, 5) is 23.9. The summed E-state index contributed by atoms with van der Waals surface area (Å²) in [6.45, 7) is 0.567. The minimum absolute atomic E-state index is 0.109. The second kappa shape index (κ2) is 7.65. The number of aliphatic hydroxyl groups is 1. The summed E-state index contributed by atoms with van der Waals surface area (Å²) in [6.07, 6.45) is -5.42. The van der Waals surface area contributed by atoms with Crippen LogP contribution in [0.15, 0.2) is 24.3 Å². The lowest BCUT2D eigenvalue weighted by Gasteiger charge is -2.19. The average molecular weight is 344 g/mol. The van der Waals surface area contributed by atoms with Crippen LogP contribution in [0.25, 0.3) is 0 Å². The summed E-state index contributed by atoms with van der Waals surface area (Å²) in [5, 5.41) is 14.5. The first-order valence-electron chi connectivity index (χ1n) is 7.70. The van der Waals surface area contributed by atoms with Gasteiger partial charge in [-0.15, -0.1) is 0 Å². The van der Waals surface area contributed by atoms with Crippen LogP contribution in [0.4, 0.5) is 18.9 Å². The zero-order valence-corrected chi connectivity index (χ0v) is 12.9. The van der Waals surface area contributed by atoms with Crippen molar-refractivity contribution in [2.45, 2.75) is 38.0 Å². The van der Waals surface area contributed by atoms with Gasteiger partial charge in [-0.05, 0) is 18.9 Å². The van der Waals surface area contributed by atoms with E-state index in [-0.39, 0.29) is 18.0 Å². The number of rotatable bonds is 4. The van der Waals surface area contributed by atoms with E-state index in [4.69, 9.17) is 0 Å². The molecule has 0 bridgehead atoms.